The zero-order chi connectivity index (χ0) is 18.5. The van der Waals surface area contributed by atoms with Gasteiger partial charge in [0.1, 0.15) is 6.61 Å². The van der Waals surface area contributed by atoms with E-state index in [1.165, 1.54) is 19.2 Å². The summed E-state index contributed by atoms with van der Waals surface area (Å²) in [7, 11) is 1.39. The number of rotatable bonds is 6. The number of benzene rings is 2. The molecular formula is C19H19FN2O4. The third-order valence-electron chi connectivity index (χ3n) is 4.05. The lowest BCUT2D eigenvalue weighted by Gasteiger charge is -2.14. The molecule has 1 saturated heterocycles. The predicted octanol–water partition coefficient (Wildman–Crippen LogP) is 2.65. The van der Waals surface area contributed by atoms with Crippen LogP contribution in [0.5, 0.6) is 5.75 Å². The largest absolute Gasteiger partial charge is 0.494 e. The quantitative estimate of drug-likeness (QED) is 0.862. The average molecular weight is 358 g/mol. The smallest absolute Gasteiger partial charge is 0.414 e. The molecule has 7 heteroatoms. The van der Waals surface area contributed by atoms with Crippen LogP contribution in [0.25, 0.3) is 0 Å². The van der Waals surface area contributed by atoms with Gasteiger partial charge in [0, 0.05) is 12.2 Å². The molecule has 0 spiro atoms. The molecule has 1 heterocycles. The van der Waals surface area contributed by atoms with Gasteiger partial charge in [-0.2, -0.15) is 0 Å². The third kappa shape index (κ3) is 4.11. The number of cyclic esters (lactones) is 1. The van der Waals surface area contributed by atoms with Gasteiger partial charge in [0.2, 0.25) is 5.91 Å². The fraction of sp³-hybridized carbons (Fsp3) is 0.263. The molecule has 1 aliphatic heterocycles. The predicted molar refractivity (Wildman–Crippen MR) is 93.6 cm³/mol. The van der Waals surface area contributed by atoms with Gasteiger partial charge >= 0.3 is 6.09 Å². The second-order valence-corrected chi connectivity index (χ2v) is 5.86. The van der Waals surface area contributed by atoms with E-state index in [0.29, 0.717) is 25.3 Å². The van der Waals surface area contributed by atoms with E-state index in [2.05, 4.69) is 5.32 Å². The summed E-state index contributed by atoms with van der Waals surface area (Å²) in [6.45, 7) is 1.20. The normalized spacial score (nSPS) is 13.5. The number of amides is 2. The van der Waals surface area contributed by atoms with Crippen molar-refractivity contribution in [3.63, 3.8) is 0 Å². The Labute approximate surface area is 150 Å². The van der Waals surface area contributed by atoms with Gasteiger partial charge in [-0.05, 0) is 35.4 Å². The Morgan fingerprint density at radius 1 is 1.27 bits per heavy atom. The lowest BCUT2D eigenvalue weighted by Crippen LogP contribution is -2.25. The molecule has 0 atom stereocenters. The standard InChI is InChI=1S/C19H19FN2O4/c1-25-17-6-5-13(10-16(17)20)11-18(23)21-12-14-3-2-4-15(9-14)22-7-8-26-19(22)24/h2-6,9-10H,7-8,11-12H2,1H3,(H,21,23). The van der Waals surface area contributed by atoms with Crippen molar-refractivity contribution < 1.29 is 23.5 Å². The van der Waals surface area contributed by atoms with Crippen molar-refractivity contribution in [1.29, 1.82) is 0 Å². The van der Waals surface area contributed by atoms with Gasteiger partial charge in [0.15, 0.2) is 11.6 Å². The molecule has 0 radical (unpaired) electrons. The van der Waals surface area contributed by atoms with Crippen LogP contribution in [0, 0.1) is 5.82 Å². The number of nitrogens with one attached hydrogen (secondary N) is 1. The van der Waals surface area contributed by atoms with E-state index in [1.54, 1.807) is 11.0 Å². The SMILES string of the molecule is COc1ccc(CC(=O)NCc2cccc(N3CCOC3=O)c2)cc1F. The maximum Gasteiger partial charge on any atom is 0.414 e. The van der Waals surface area contributed by atoms with Crippen molar-refractivity contribution in [2.24, 2.45) is 0 Å². The number of carbonyl (C=O) groups excluding carboxylic acids is 2. The third-order valence-corrected chi connectivity index (χ3v) is 4.05. The molecule has 6 nitrogen and oxygen atoms in total. The summed E-state index contributed by atoms with van der Waals surface area (Å²) in [5, 5.41) is 2.80. The molecule has 2 aromatic rings. The zero-order valence-corrected chi connectivity index (χ0v) is 14.3. The maximum absolute atomic E-state index is 13.7. The highest BCUT2D eigenvalue weighted by molar-refractivity contribution is 5.89. The molecule has 26 heavy (non-hydrogen) atoms. The molecule has 0 saturated carbocycles. The number of hydrogen-bond acceptors (Lipinski definition) is 4. The van der Waals surface area contributed by atoms with E-state index in [9.17, 15) is 14.0 Å². The molecule has 1 aliphatic rings. The molecule has 0 aromatic heterocycles. The zero-order valence-electron chi connectivity index (χ0n) is 14.3. The second kappa shape index (κ2) is 7.86. The van der Waals surface area contributed by atoms with Gasteiger partial charge in [-0.3, -0.25) is 9.69 Å². The Morgan fingerprint density at radius 2 is 2.12 bits per heavy atom. The molecular weight excluding hydrogens is 339 g/mol. The van der Waals surface area contributed by atoms with Gasteiger partial charge in [-0.25, -0.2) is 9.18 Å². The second-order valence-electron chi connectivity index (χ2n) is 5.86. The Morgan fingerprint density at radius 3 is 2.81 bits per heavy atom. The van der Waals surface area contributed by atoms with E-state index >= 15 is 0 Å². The number of hydrogen-bond donors (Lipinski definition) is 1. The molecule has 0 unspecified atom stereocenters. The Kier molecular flexibility index (Phi) is 5.36. The molecule has 136 valence electrons. The summed E-state index contributed by atoms with van der Waals surface area (Å²) >= 11 is 0. The number of nitrogens with zero attached hydrogens (tertiary/aromatic N) is 1. The first kappa shape index (κ1) is 17.7. The van der Waals surface area contributed by atoms with Crippen molar-refractivity contribution in [2.75, 3.05) is 25.2 Å². The van der Waals surface area contributed by atoms with Crippen molar-refractivity contribution in [1.82, 2.24) is 5.32 Å². The van der Waals surface area contributed by atoms with Gasteiger partial charge < -0.3 is 14.8 Å². The summed E-state index contributed by atoms with van der Waals surface area (Å²) in [5.74, 6) is -0.574. The molecule has 3 rings (SSSR count). The van der Waals surface area contributed by atoms with Crippen LogP contribution in [-0.2, 0) is 22.5 Å². The minimum absolute atomic E-state index is 0.0685. The number of halogens is 1. The number of carbonyl (C=O) groups is 2. The maximum atomic E-state index is 13.7. The van der Waals surface area contributed by atoms with Crippen LogP contribution in [0.2, 0.25) is 0 Å². The molecule has 0 bridgehead atoms. The van der Waals surface area contributed by atoms with Crippen LogP contribution < -0.4 is 15.0 Å². The minimum atomic E-state index is -0.497. The fourth-order valence-corrected chi connectivity index (χ4v) is 2.73. The van der Waals surface area contributed by atoms with E-state index in [0.717, 1.165) is 11.3 Å². The summed E-state index contributed by atoms with van der Waals surface area (Å²) in [4.78, 5) is 25.3. The monoisotopic (exact) mass is 358 g/mol. The topological polar surface area (TPSA) is 67.9 Å². The highest BCUT2D eigenvalue weighted by atomic mass is 19.1. The van der Waals surface area contributed by atoms with E-state index in [4.69, 9.17) is 9.47 Å². The molecule has 1 fully saturated rings. The van der Waals surface area contributed by atoms with Crippen molar-refractivity contribution in [3.8, 4) is 5.75 Å². The summed E-state index contributed by atoms with van der Waals surface area (Å²) in [6, 6.07) is 11.8. The van der Waals surface area contributed by atoms with Crippen LogP contribution in [0.4, 0.5) is 14.9 Å². The van der Waals surface area contributed by atoms with Crippen molar-refractivity contribution in [3.05, 3.63) is 59.4 Å². The average Bonchev–Trinajstić information content (AvgIpc) is 3.06. The summed E-state index contributed by atoms with van der Waals surface area (Å²) in [5.41, 5.74) is 2.15. The lowest BCUT2D eigenvalue weighted by atomic mass is 10.1. The van der Waals surface area contributed by atoms with Gasteiger partial charge in [0.25, 0.3) is 0 Å². The highest BCUT2D eigenvalue weighted by Crippen LogP contribution is 2.20. The van der Waals surface area contributed by atoms with E-state index in [1.807, 2.05) is 24.3 Å². The van der Waals surface area contributed by atoms with Crippen LogP contribution in [0.1, 0.15) is 11.1 Å². The molecule has 1 N–H and O–H groups in total. The first-order valence-electron chi connectivity index (χ1n) is 8.19. The van der Waals surface area contributed by atoms with Crippen molar-refractivity contribution in [2.45, 2.75) is 13.0 Å². The Bertz CT molecular complexity index is 825. The first-order chi connectivity index (χ1) is 12.6. The molecule has 0 aliphatic carbocycles. The lowest BCUT2D eigenvalue weighted by molar-refractivity contribution is -0.120. The summed E-state index contributed by atoms with van der Waals surface area (Å²) in [6.07, 6.45) is -0.299. The minimum Gasteiger partial charge on any atom is -0.494 e. The van der Waals surface area contributed by atoms with Crippen LogP contribution in [-0.4, -0.2) is 32.3 Å². The van der Waals surface area contributed by atoms with Crippen LogP contribution in [0.15, 0.2) is 42.5 Å². The first-order valence-corrected chi connectivity index (χ1v) is 8.19. The Balaban J connectivity index is 1.57. The number of ether oxygens (including phenoxy) is 2. The number of anilines is 1. The van der Waals surface area contributed by atoms with E-state index < -0.39 is 5.82 Å². The summed E-state index contributed by atoms with van der Waals surface area (Å²) < 4.78 is 23.5. The highest BCUT2D eigenvalue weighted by Gasteiger charge is 2.23. The van der Waals surface area contributed by atoms with Gasteiger partial charge in [0.05, 0.1) is 20.1 Å². The van der Waals surface area contributed by atoms with Gasteiger partial charge in [-0.15, -0.1) is 0 Å². The van der Waals surface area contributed by atoms with Crippen LogP contribution in [0.3, 0.4) is 0 Å². The number of methoxy groups -OCH3 is 1. The molecule has 2 amide bonds. The Hall–Kier alpha value is -3.09. The van der Waals surface area contributed by atoms with Gasteiger partial charge in [-0.1, -0.05) is 18.2 Å². The molecule has 2 aromatic carbocycles. The van der Waals surface area contributed by atoms with E-state index in [-0.39, 0.29) is 24.2 Å². The fourth-order valence-electron chi connectivity index (χ4n) is 2.73. The van der Waals surface area contributed by atoms with Crippen molar-refractivity contribution >= 4 is 17.7 Å². The van der Waals surface area contributed by atoms with Crippen LogP contribution >= 0.6 is 0 Å².